The molecule has 10 heteroatoms. The monoisotopic (exact) mass is 473 g/mol. The highest BCUT2D eigenvalue weighted by Crippen LogP contribution is 2.21. The summed E-state index contributed by atoms with van der Waals surface area (Å²) in [5.74, 6) is -0.417. The van der Waals surface area contributed by atoms with Gasteiger partial charge in [0.1, 0.15) is 0 Å². The molecule has 0 heterocycles. The summed E-state index contributed by atoms with van der Waals surface area (Å²) in [7, 11) is -7.18. The Morgan fingerprint density at radius 3 is 1.81 bits per heavy atom. The number of hydrogen-bond acceptors (Lipinski definition) is 5. The third-order valence-corrected chi connectivity index (χ3v) is 6.64. The van der Waals surface area contributed by atoms with E-state index in [1.54, 1.807) is 12.1 Å². The van der Waals surface area contributed by atoms with Crippen molar-refractivity contribution in [2.45, 2.75) is 18.7 Å². The van der Waals surface area contributed by atoms with Crippen molar-refractivity contribution in [1.82, 2.24) is 0 Å². The largest absolute Gasteiger partial charge is 0.322 e. The van der Waals surface area contributed by atoms with Crippen molar-refractivity contribution in [3.8, 4) is 0 Å². The van der Waals surface area contributed by atoms with Crippen LogP contribution in [0, 0.1) is 13.8 Å². The average molecular weight is 474 g/mol. The number of benzene rings is 3. The summed E-state index contributed by atoms with van der Waals surface area (Å²) in [5.41, 5.74) is 3.59. The van der Waals surface area contributed by atoms with Crippen molar-refractivity contribution in [3.05, 3.63) is 83.4 Å². The zero-order chi connectivity index (χ0) is 23.5. The molecule has 0 bridgehead atoms. The molecule has 0 unspecified atom stereocenters. The van der Waals surface area contributed by atoms with E-state index in [2.05, 4.69) is 14.8 Å². The van der Waals surface area contributed by atoms with Gasteiger partial charge in [-0.05, 0) is 85.6 Å². The molecule has 0 atom stereocenters. The van der Waals surface area contributed by atoms with E-state index in [4.69, 9.17) is 0 Å². The molecular weight excluding hydrogens is 450 g/mol. The van der Waals surface area contributed by atoms with Crippen molar-refractivity contribution in [2.24, 2.45) is 0 Å². The number of carbonyl (C=O) groups is 1. The molecule has 0 aromatic heterocycles. The van der Waals surface area contributed by atoms with Crippen LogP contribution in [-0.4, -0.2) is 29.0 Å². The SMILES string of the molecule is Cc1ccc(NS(=O)(=O)c2ccc(NC(=O)c3ccc(NS(C)(=O)=O)cc3)cc2)cc1C. The van der Waals surface area contributed by atoms with E-state index in [-0.39, 0.29) is 4.90 Å². The molecule has 0 aliphatic carbocycles. The first-order valence-corrected chi connectivity index (χ1v) is 12.9. The van der Waals surface area contributed by atoms with E-state index in [0.29, 0.717) is 22.6 Å². The molecule has 0 saturated carbocycles. The van der Waals surface area contributed by atoms with Gasteiger partial charge in [-0.3, -0.25) is 14.2 Å². The number of amides is 1. The van der Waals surface area contributed by atoms with Gasteiger partial charge < -0.3 is 5.32 Å². The number of hydrogen-bond donors (Lipinski definition) is 3. The molecule has 1 amide bonds. The molecule has 3 aromatic rings. The molecule has 0 aliphatic rings. The summed E-state index contributed by atoms with van der Waals surface area (Å²) in [6.07, 6.45) is 1.04. The summed E-state index contributed by atoms with van der Waals surface area (Å²) >= 11 is 0. The minimum absolute atomic E-state index is 0.0601. The van der Waals surface area contributed by atoms with Crippen LogP contribution in [0.4, 0.5) is 17.1 Å². The summed E-state index contributed by atoms with van der Waals surface area (Å²) in [5, 5.41) is 2.68. The van der Waals surface area contributed by atoms with Crippen LogP contribution in [0.1, 0.15) is 21.5 Å². The fraction of sp³-hybridized carbons (Fsp3) is 0.136. The van der Waals surface area contributed by atoms with E-state index in [9.17, 15) is 21.6 Å². The van der Waals surface area contributed by atoms with Crippen molar-refractivity contribution < 1.29 is 21.6 Å². The highest BCUT2D eigenvalue weighted by molar-refractivity contribution is 7.92. The Labute approximate surface area is 187 Å². The Morgan fingerprint density at radius 2 is 1.25 bits per heavy atom. The van der Waals surface area contributed by atoms with Crippen LogP contribution in [-0.2, 0) is 20.0 Å². The van der Waals surface area contributed by atoms with Crippen molar-refractivity contribution >= 4 is 43.0 Å². The lowest BCUT2D eigenvalue weighted by Crippen LogP contribution is -2.14. The molecule has 0 aliphatic heterocycles. The number of anilines is 3. The summed E-state index contributed by atoms with van der Waals surface area (Å²) in [4.78, 5) is 12.5. The van der Waals surface area contributed by atoms with Gasteiger partial charge in [0.2, 0.25) is 10.0 Å². The predicted octanol–water partition coefficient (Wildman–Crippen LogP) is 3.73. The zero-order valence-corrected chi connectivity index (χ0v) is 19.3. The third-order valence-electron chi connectivity index (χ3n) is 4.63. The standard InChI is InChI=1S/C22H23N3O5S2/c1-15-4-7-20(14-16(15)2)25-32(29,30)21-12-10-18(11-13-21)23-22(26)17-5-8-19(9-6-17)24-31(3,27)28/h4-14,24-25H,1-3H3,(H,23,26). The van der Waals surface area contributed by atoms with Crippen molar-refractivity contribution in [3.63, 3.8) is 0 Å². The zero-order valence-electron chi connectivity index (χ0n) is 17.7. The second-order valence-electron chi connectivity index (χ2n) is 7.33. The summed E-state index contributed by atoms with van der Waals surface area (Å²) in [6.45, 7) is 3.85. The van der Waals surface area contributed by atoms with Crippen LogP contribution in [0.15, 0.2) is 71.6 Å². The lowest BCUT2D eigenvalue weighted by molar-refractivity contribution is 0.102. The van der Waals surface area contributed by atoms with E-state index in [1.165, 1.54) is 48.5 Å². The first-order chi connectivity index (χ1) is 14.9. The van der Waals surface area contributed by atoms with Crippen LogP contribution < -0.4 is 14.8 Å². The van der Waals surface area contributed by atoms with Gasteiger partial charge in [-0.1, -0.05) is 6.07 Å². The number of rotatable bonds is 7. The summed E-state index contributed by atoms with van der Waals surface area (Å²) in [6, 6.07) is 17.0. The number of nitrogens with one attached hydrogen (secondary N) is 3. The van der Waals surface area contributed by atoms with Gasteiger partial charge >= 0.3 is 0 Å². The van der Waals surface area contributed by atoms with Gasteiger partial charge in [-0.25, -0.2) is 16.8 Å². The molecule has 3 N–H and O–H groups in total. The van der Waals surface area contributed by atoms with Gasteiger partial charge in [0.15, 0.2) is 0 Å². The maximum atomic E-state index is 12.6. The van der Waals surface area contributed by atoms with Crippen LogP contribution in [0.2, 0.25) is 0 Å². The average Bonchev–Trinajstić information content (AvgIpc) is 2.70. The predicted molar refractivity (Wildman–Crippen MR) is 126 cm³/mol. The third kappa shape index (κ3) is 6.08. The minimum atomic E-state index is -3.78. The van der Waals surface area contributed by atoms with Gasteiger partial charge in [-0.15, -0.1) is 0 Å². The number of aryl methyl sites for hydroxylation is 2. The Balaban J connectivity index is 1.68. The molecule has 8 nitrogen and oxygen atoms in total. The lowest BCUT2D eigenvalue weighted by atomic mass is 10.1. The van der Waals surface area contributed by atoms with Crippen LogP contribution in [0.25, 0.3) is 0 Å². The Hall–Kier alpha value is -3.37. The first-order valence-electron chi connectivity index (χ1n) is 9.52. The Morgan fingerprint density at radius 1 is 0.688 bits per heavy atom. The topological polar surface area (TPSA) is 121 Å². The van der Waals surface area contributed by atoms with Crippen molar-refractivity contribution in [1.29, 1.82) is 0 Å². The molecule has 0 radical (unpaired) electrons. The molecule has 0 saturated heterocycles. The van der Waals surface area contributed by atoms with E-state index < -0.39 is 26.0 Å². The fourth-order valence-corrected chi connectivity index (χ4v) is 4.46. The Bertz CT molecular complexity index is 1350. The molecule has 0 fully saturated rings. The maximum Gasteiger partial charge on any atom is 0.261 e. The first kappa shape index (κ1) is 23.3. The second-order valence-corrected chi connectivity index (χ2v) is 10.8. The minimum Gasteiger partial charge on any atom is -0.322 e. The van der Waals surface area contributed by atoms with Crippen LogP contribution in [0.3, 0.4) is 0 Å². The van der Waals surface area contributed by atoms with Crippen LogP contribution >= 0.6 is 0 Å². The molecule has 3 rings (SSSR count). The van der Waals surface area contributed by atoms with Crippen molar-refractivity contribution in [2.75, 3.05) is 21.0 Å². The van der Waals surface area contributed by atoms with Gasteiger partial charge in [0.25, 0.3) is 15.9 Å². The normalized spacial score (nSPS) is 11.6. The fourth-order valence-electron chi connectivity index (χ4n) is 2.84. The van der Waals surface area contributed by atoms with Crippen LogP contribution in [0.5, 0.6) is 0 Å². The van der Waals surface area contributed by atoms with Gasteiger partial charge in [0, 0.05) is 22.6 Å². The maximum absolute atomic E-state index is 12.6. The summed E-state index contributed by atoms with van der Waals surface area (Å²) < 4.78 is 52.6. The molecular formula is C22H23N3O5S2. The van der Waals surface area contributed by atoms with Gasteiger partial charge in [0.05, 0.1) is 11.2 Å². The molecule has 0 spiro atoms. The van der Waals surface area contributed by atoms with E-state index in [0.717, 1.165) is 17.4 Å². The smallest absolute Gasteiger partial charge is 0.261 e. The number of sulfonamides is 2. The highest BCUT2D eigenvalue weighted by atomic mass is 32.2. The van der Waals surface area contributed by atoms with E-state index in [1.807, 2.05) is 19.9 Å². The molecule has 168 valence electrons. The highest BCUT2D eigenvalue weighted by Gasteiger charge is 2.15. The Kier molecular flexibility index (Phi) is 6.56. The quantitative estimate of drug-likeness (QED) is 0.483. The lowest BCUT2D eigenvalue weighted by Gasteiger charge is -2.11. The molecule has 32 heavy (non-hydrogen) atoms. The number of carbonyl (C=O) groups excluding carboxylic acids is 1. The van der Waals surface area contributed by atoms with Gasteiger partial charge in [-0.2, -0.15) is 0 Å². The second kappa shape index (κ2) is 9.01. The van der Waals surface area contributed by atoms with E-state index >= 15 is 0 Å². The molecule has 3 aromatic carbocycles.